The monoisotopic (exact) mass is 260 g/mol. The minimum atomic E-state index is 0.372. The van der Waals surface area contributed by atoms with Crippen LogP contribution in [0.15, 0.2) is 23.3 Å². The molecule has 1 saturated carbocycles. The quantitative estimate of drug-likeness (QED) is 0.559. The van der Waals surface area contributed by atoms with Crippen LogP contribution in [0, 0.1) is 16.7 Å². The summed E-state index contributed by atoms with van der Waals surface area (Å²) in [6.45, 7) is 12.0. The largest absolute Gasteiger partial charge is 0.0783 e. The summed E-state index contributed by atoms with van der Waals surface area (Å²) in [6, 6.07) is 0. The van der Waals surface area contributed by atoms with Crippen molar-refractivity contribution in [3.8, 4) is 0 Å². The van der Waals surface area contributed by atoms with Gasteiger partial charge in [0.25, 0.3) is 0 Å². The molecule has 0 aliphatic heterocycles. The molecule has 2 rings (SSSR count). The molecule has 1 fully saturated rings. The third kappa shape index (κ3) is 3.33. The number of hydrogen-bond donors (Lipinski definition) is 0. The molecule has 19 heavy (non-hydrogen) atoms. The summed E-state index contributed by atoms with van der Waals surface area (Å²) < 4.78 is 0. The first-order valence-corrected chi connectivity index (χ1v) is 8.22. The van der Waals surface area contributed by atoms with Gasteiger partial charge in [-0.3, -0.25) is 0 Å². The van der Waals surface area contributed by atoms with Crippen LogP contribution in [0.5, 0.6) is 0 Å². The molecule has 0 heteroatoms. The summed E-state index contributed by atoms with van der Waals surface area (Å²) in [6.07, 6.45) is 14.7. The molecule has 0 bridgehead atoms. The average Bonchev–Trinajstić information content (AvgIpc) is 2.81. The van der Waals surface area contributed by atoms with E-state index in [9.17, 15) is 0 Å². The van der Waals surface area contributed by atoms with Gasteiger partial charge in [-0.25, -0.2) is 0 Å². The van der Waals surface area contributed by atoms with Crippen molar-refractivity contribution in [2.75, 3.05) is 0 Å². The fourth-order valence-electron chi connectivity index (χ4n) is 4.11. The maximum absolute atomic E-state index is 2.52. The number of allylic oxidation sites excluding steroid dienone is 4. The third-order valence-electron chi connectivity index (χ3n) is 5.63. The highest BCUT2D eigenvalue weighted by Crippen LogP contribution is 2.44. The van der Waals surface area contributed by atoms with Crippen LogP contribution in [0.2, 0.25) is 0 Å². The topological polar surface area (TPSA) is 0 Å². The lowest BCUT2D eigenvalue weighted by molar-refractivity contribution is 0.288. The van der Waals surface area contributed by atoms with Gasteiger partial charge in [0.1, 0.15) is 0 Å². The zero-order valence-electron chi connectivity index (χ0n) is 13.7. The van der Waals surface area contributed by atoms with Crippen LogP contribution in [0.3, 0.4) is 0 Å². The standard InChI is InChI=1S/C19H32/c1-15-9-8-13-19(4,5)17(15)12-14-18(2,3)16-10-6-7-11-16/h12,14,16H,6-11,13H2,1-5H3/b14-12+. The maximum Gasteiger partial charge on any atom is -0.0104 e. The van der Waals surface area contributed by atoms with Crippen LogP contribution in [-0.2, 0) is 0 Å². The van der Waals surface area contributed by atoms with Crippen LogP contribution in [0.25, 0.3) is 0 Å². The summed E-state index contributed by atoms with van der Waals surface area (Å²) in [4.78, 5) is 0. The molecule has 0 unspecified atom stereocenters. The van der Waals surface area contributed by atoms with Crippen molar-refractivity contribution in [2.24, 2.45) is 16.7 Å². The first-order valence-electron chi connectivity index (χ1n) is 8.22. The van der Waals surface area contributed by atoms with E-state index in [1.165, 1.54) is 44.9 Å². The second kappa shape index (κ2) is 5.46. The van der Waals surface area contributed by atoms with Crippen molar-refractivity contribution in [1.29, 1.82) is 0 Å². The van der Waals surface area contributed by atoms with Gasteiger partial charge in [-0.2, -0.15) is 0 Å². The summed E-state index contributed by atoms with van der Waals surface area (Å²) in [5.74, 6) is 0.899. The number of hydrogen-bond acceptors (Lipinski definition) is 0. The van der Waals surface area contributed by atoms with Gasteiger partial charge in [-0.15, -0.1) is 0 Å². The van der Waals surface area contributed by atoms with Crippen molar-refractivity contribution in [1.82, 2.24) is 0 Å². The lowest BCUT2D eigenvalue weighted by atomic mass is 9.71. The minimum Gasteiger partial charge on any atom is -0.0783 e. The smallest absolute Gasteiger partial charge is 0.0104 e. The fourth-order valence-corrected chi connectivity index (χ4v) is 4.11. The Morgan fingerprint density at radius 1 is 1.11 bits per heavy atom. The predicted octanol–water partition coefficient (Wildman–Crippen LogP) is 6.29. The Balaban J connectivity index is 2.16. The van der Waals surface area contributed by atoms with Gasteiger partial charge in [-0.05, 0) is 61.3 Å². The van der Waals surface area contributed by atoms with Crippen LogP contribution < -0.4 is 0 Å². The molecule has 0 spiro atoms. The summed E-state index contributed by atoms with van der Waals surface area (Å²) in [7, 11) is 0. The Morgan fingerprint density at radius 2 is 1.74 bits per heavy atom. The van der Waals surface area contributed by atoms with Crippen molar-refractivity contribution in [2.45, 2.75) is 79.6 Å². The summed E-state index contributed by atoms with van der Waals surface area (Å²) in [5.41, 5.74) is 3.99. The van der Waals surface area contributed by atoms with Crippen LogP contribution in [0.1, 0.15) is 79.6 Å². The molecule has 0 atom stereocenters. The van der Waals surface area contributed by atoms with Crippen molar-refractivity contribution in [3.05, 3.63) is 23.3 Å². The van der Waals surface area contributed by atoms with E-state index in [1.54, 1.807) is 11.1 Å². The minimum absolute atomic E-state index is 0.372. The highest BCUT2D eigenvalue weighted by atomic mass is 14.4. The molecule has 0 aromatic rings. The Morgan fingerprint density at radius 3 is 2.32 bits per heavy atom. The molecule has 0 nitrogen and oxygen atoms in total. The van der Waals surface area contributed by atoms with Crippen molar-refractivity contribution in [3.63, 3.8) is 0 Å². The zero-order valence-corrected chi connectivity index (χ0v) is 13.7. The molecule has 0 aromatic heterocycles. The zero-order chi connectivity index (χ0) is 14.1. The molecular weight excluding hydrogens is 228 g/mol. The molecule has 0 N–H and O–H groups in total. The highest BCUT2D eigenvalue weighted by molar-refractivity contribution is 5.33. The van der Waals surface area contributed by atoms with E-state index >= 15 is 0 Å². The third-order valence-corrected chi connectivity index (χ3v) is 5.63. The first kappa shape index (κ1) is 14.9. The van der Waals surface area contributed by atoms with Crippen LogP contribution in [-0.4, -0.2) is 0 Å². The SMILES string of the molecule is CC1=C(/C=C/C(C)(C)C2CCCC2)C(C)(C)CCC1. The van der Waals surface area contributed by atoms with Gasteiger partial charge >= 0.3 is 0 Å². The van der Waals surface area contributed by atoms with Gasteiger partial charge in [0.05, 0.1) is 0 Å². The molecule has 0 aromatic carbocycles. The van der Waals surface area contributed by atoms with E-state index in [-0.39, 0.29) is 0 Å². The number of rotatable bonds is 3. The molecule has 0 saturated heterocycles. The van der Waals surface area contributed by atoms with E-state index in [0.29, 0.717) is 10.8 Å². The van der Waals surface area contributed by atoms with Crippen molar-refractivity contribution >= 4 is 0 Å². The molecule has 0 radical (unpaired) electrons. The van der Waals surface area contributed by atoms with Gasteiger partial charge in [0, 0.05) is 0 Å². The predicted molar refractivity (Wildman–Crippen MR) is 85.2 cm³/mol. The lowest BCUT2D eigenvalue weighted by Crippen LogP contribution is -2.22. The first-order chi connectivity index (χ1) is 8.83. The van der Waals surface area contributed by atoms with E-state index in [2.05, 4.69) is 46.8 Å². The average molecular weight is 260 g/mol. The molecule has 0 heterocycles. The van der Waals surface area contributed by atoms with E-state index < -0.39 is 0 Å². The van der Waals surface area contributed by atoms with Crippen LogP contribution >= 0.6 is 0 Å². The Kier molecular flexibility index (Phi) is 4.28. The Hall–Kier alpha value is -0.520. The van der Waals surface area contributed by atoms with Crippen LogP contribution in [0.4, 0.5) is 0 Å². The normalized spacial score (nSPS) is 25.5. The van der Waals surface area contributed by atoms with E-state index in [4.69, 9.17) is 0 Å². The van der Waals surface area contributed by atoms with E-state index in [0.717, 1.165) is 5.92 Å². The Labute approximate surface area is 120 Å². The molecular formula is C19H32. The second-order valence-corrected chi connectivity index (χ2v) is 8.07. The Bertz CT molecular complexity index is 373. The maximum atomic E-state index is 2.52. The molecule has 2 aliphatic carbocycles. The summed E-state index contributed by atoms with van der Waals surface area (Å²) >= 11 is 0. The van der Waals surface area contributed by atoms with Gasteiger partial charge < -0.3 is 0 Å². The second-order valence-electron chi connectivity index (χ2n) is 8.07. The van der Waals surface area contributed by atoms with Gasteiger partial charge in [-0.1, -0.05) is 58.3 Å². The molecule has 0 amide bonds. The molecule has 108 valence electrons. The lowest BCUT2D eigenvalue weighted by Gasteiger charge is -2.34. The van der Waals surface area contributed by atoms with Gasteiger partial charge in [0.15, 0.2) is 0 Å². The summed E-state index contributed by atoms with van der Waals surface area (Å²) in [5, 5.41) is 0. The van der Waals surface area contributed by atoms with Gasteiger partial charge in [0.2, 0.25) is 0 Å². The highest BCUT2D eigenvalue weighted by Gasteiger charge is 2.31. The fraction of sp³-hybridized carbons (Fsp3) is 0.789. The van der Waals surface area contributed by atoms with E-state index in [1.807, 2.05) is 0 Å². The molecule has 2 aliphatic rings. The van der Waals surface area contributed by atoms with Crippen molar-refractivity contribution < 1.29 is 0 Å².